The van der Waals surface area contributed by atoms with Crippen molar-refractivity contribution in [1.29, 1.82) is 0 Å². The number of rotatable bonds is 8. The van der Waals surface area contributed by atoms with Crippen LogP contribution in [0.5, 0.6) is 0 Å². The number of nitrogens with two attached hydrogens (primary N) is 1. The van der Waals surface area contributed by atoms with Gasteiger partial charge in [0, 0.05) is 46.4 Å². The molecular formula is C19H17N5NaO7S3. The van der Waals surface area contributed by atoms with Crippen LogP contribution in [0.15, 0.2) is 44.6 Å². The van der Waals surface area contributed by atoms with Gasteiger partial charge in [-0.2, -0.15) is 0 Å². The van der Waals surface area contributed by atoms with E-state index in [1.165, 1.54) is 36.6 Å². The van der Waals surface area contributed by atoms with Crippen LogP contribution in [0.3, 0.4) is 0 Å². The Hall–Kier alpha value is -2.30. The quantitative estimate of drug-likeness (QED) is 0.183. The van der Waals surface area contributed by atoms with Crippen LogP contribution in [-0.2, 0) is 19.2 Å². The minimum absolute atomic E-state index is 0. The van der Waals surface area contributed by atoms with Gasteiger partial charge in [-0.3, -0.25) is 19.3 Å². The number of nitrogens with one attached hydrogen (secondary N) is 1. The maximum absolute atomic E-state index is 12.8. The van der Waals surface area contributed by atoms with Crippen LogP contribution in [-0.4, -0.2) is 103 Å². The molecule has 2 aromatic heterocycles. The molecule has 0 unspecified atom stereocenters. The van der Waals surface area contributed by atoms with Gasteiger partial charge in [-0.1, -0.05) is 16.9 Å². The van der Waals surface area contributed by atoms with E-state index in [2.05, 4.69) is 15.5 Å². The second kappa shape index (κ2) is 11.6. The first kappa shape index (κ1) is 27.3. The summed E-state index contributed by atoms with van der Waals surface area (Å²) in [5.41, 5.74) is 5.89. The van der Waals surface area contributed by atoms with Gasteiger partial charge in [0.05, 0.1) is 6.26 Å². The molecule has 4 rings (SSSR count). The van der Waals surface area contributed by atoms with Gasteiger partial charge in [-0.15, -0.1) is 23.1 Å². The molecule has 179 valence electrons. The van der Waals surface area contributed by atoms with E-state index >= 15 is 0 Å². The van der Waals surface area contributed by atoms with Crippen molar-refractivity contribution in [2.24, 2.45) is 5.16 Å². The number of anilines is 1. The Labute approximate surface area is 233 Å². The number of aliphatic carboxylic acids is 1. The number of hydrogen-bond acceptors (Lipinski definition) is 12. The molecule has 0 spiro atoms. The number of fused-ring (bicyclic) bond motifs is 1. The number of β-lactam (4-membered cyclic amide) rings is 1. The Bertz CT molecular complexity index is 1210. The summed E-state index contributed by atoms with van der Waals surface area (Å²) in [7, 11) is 1.26. The SMILES string of the molecule is CO/N=C(\C(=O)N[C@@H]1C(=O)N2C(C(=O)O)=C(CSC(=O)c3ccco3)CS[C@H]12)c1csc(N)n1.[Na]. The number of aromatic nitrogens is 1. The van der Waals surface area contributed by atoms with Gasteiger partial charge in [0.2, 0.25) is 0 Å². The number of carboxylic acids is 1. The normalized spacial score (nSPS) is 19.4. The van der Waals surface area contributed by atoms with Crippen LogP contribution in [0.1, 0.15) is 16.2 Å². The number of nitrogen functional groups attached to an aromatic ring is 1. The minimum Gasteiger partial charge on any atom is -0.477 e. The maximum Gasteiger partial charge on any atom is 0.352 e. The summed E-state index contributed by atoms with van der Waals surface area (Å²) >= 11 is 3.29. The zero-order chi connectivity index (χ0) is 24.4. The van der Waals surface area contributed by atoms with Crippen LogP contribution in [0.2, 0.25) is 0 Å². The third kappa shape index (κ3) is 5.59. The number of carbonyl (C=O) groups excluding carboxylic acids is 3. The van der Waals surface area contributed by atoms with Gasteiger partial charge in [0.25, 0.3) is 16.9 Å². The van der Waals surface area contributed by atoms with Crippen molar-refractivity contribution in [2.45, 2.75) is 11.4 Å². The number of thiazole rings is 1. The van der Waals surface area contributed by atoms with Crippen LogP contribution >= 0.6 is 34.9 Å². The predicted molar refractivity (Wildman–Crippen MR) is 131 cm³/mol. The standard InChI is InChI=1S/C19H17N5O7S3.Na/c1-30-23-11(9-7-34-19(20)21-9)14(25)22-12-15(26)24-13(17(27)28)8(5-32-16(12)24)6-33-18(29)10-3-2-4-31-10;/h2-4,7,12,16H,5-6H2,1H3,(H2,20,21)(H,22,25)(H,27,28);/b23-11-;/t12-,16-;/m1./s1. The molecule has 0 aromatic carbocycles. The Kier molecular flexibility index (Phi) is 9.06. The third-order valence-corrected chi connectivity index (χ3v) is 7.77. The molecule has 35 heavy (non-hydrogen) atoms. The summed E-state index contributed by atoms with van der Waals surface area (Å²) in [6.07, 6.45) is 1.37. The van der Waals surface area contributed by atoms with E-state index < -0.39 is 29.2 Å². The molecule has 2 aromatic rings. The summed E-state index contributed by atoms with van der Waals surface area (Å²) < 4.78 is 5.05. The third-order valence-electron chi connectivity index (χ3n) is 4.80. The molecule has 1 radical (unpaired) electrons. The van der Waals surface area contributed by atoms with Crippen molar-refractivity contribution in [1.82, 2.24) is 15.2 Å². The molecule has 1 fully saturated rings. The van der Waals surface area contributed by atoms with Crippen molar-refractivity contribution in [3.05, 3.63) is 46.5 Å². The molecule has 0 saturated carbocycles. The molecule has 4 N–H and O–H groups in total. The first-order valence-corrected chi connectivity index (χ1v) is 12.5. The number of carbonyl (C=O) groups is 4. The van der Waals surface area contributed by atoms with Crippen molar-refractivity contribution < 1.29 is 33.5 Å². The van der Waals surface area contributed by atoms with E-state index in [-0.39, 0.29) is 74.2 Å². The van der Waals surface area contributed by atoms with Crippen molar-refractivity contribution in [3.63, 3.8) is 0 Å². The molecule has 1 saturated heterocycles. The maximum atomic E-state index is 12.8. The minimum atomic E-state index is -1.29. The van der Waals surface area contributed by atoms with Crippen molar-refractivity contribution in [2.75, 3.05) is 24.3 Å². The molecule has 2 aliphatic heterocycles. The van der Waals surface area contributed by atoms with Gasteiger partial charge in [-0.25, -0.2) is 9.78 Å². The molecule has 0 aliphatic carbocycles. The average Bonchev–Trinajstić information content (AvgIpc) is 3.50. The van der Waals surface area contributed by atoms with Gasteiger partial charge >= 0.3 is 5.97 Å². The fraction of sp³-hybridized carbons (Fsp3) is 0.263. The van der Waals surface area contributed by atoms with Gasteiger partial charge in [0.1, 0.15) is 29.9 Å². The molecule has 16 heteroatoms. The Balaban J connectivity index is 0.00000342. The number of oxime groups is 1. The molecule has 0 bridgehead atoms. The van der Waals surface area contributed by atoms with Crippen molar-refractivity contribution >= 4 is 98.2 Å². The molecule has 2 atom stereocenters. The molecule has 2 amide bonds. The van der Waals surface area contributed by atoms with Crippen LogP contribution < -0.4 is 11.1 Å². The summed E-state index contributed by atoms with van der Waals surface area (Å²) in [5, 5.41) is 16.8. The van der Waals surface area contributed by atoms with E-state index in [1.54, 1.807) is 6.07 Å². The Morgan fingerprint density at radius 2 is 2.23 bits per heavy atom. The van der Waals surface area contributed by atoms with E-state index in [0.717, 1.165) is 28.0 Å². The average molecular weight is 547 g/mol. The fourth-order valence-electron chi connectivity index (χ4n) is 3.31. The van der Waals surface area contributed by atoms with E-state index in [0.29, 0.717) is 5.57 Å². The zero-order valence-corrected chi connectivity index (χ0v) is 22.9. The number of nitrogens with zero attached hydrogens (tertiary/aromatic N) is 3. The fourth-order valence-corrected chi connectivity index (χ4v) is 6.14. The van der Waals surface area contributed by atoms with Crippen molar-refractivity contribution in [3.8, 4) is 0 Å². The second-order valence-electron chi connectivity index (χ2n) is 6.87. The van der Waals surface area contributed by atoms with E-state index in [9.17, 15) is 24.3 Å². The Morgan fingerprint density at radius 3 is 2.83 bits per heavy atom. The summed E-state index contributed by atoms with van der Waals surface area (Å²) in [4.78, 5) is 59.6. The monoisotopic (exact) mass is 546 g/mol. The molecular weight excluding hydrogens is 529 g/mol. The summed E-state index contributed by atoms with van der Waals surface area (Å²) in [5.74, 6) is -2.08. The largest absolute Gasteiger partial charge is 0.477 e. The van der Waals surface area contributed by atoms with Gasteiger partial charge in [-0.05, 0) is 17.7 Å². The number of furan rings is 1. The number of thioether (sulfide) groups is 2. The van der Waals surface area contributed by atoms with Crippen LogP contribution in [0.4, 0.5) is 5.13 Å². The second-order valence-corrected chi connectivity index (χ2v) is 9.81. The molecule has 4 heterocycles. The number of carboxylic acid groups (broad SMARTS) is 1. The van der Waals surface area contributed by atoms with Crippen LogP contribution in [0, 0.1) is 0 Å². The smallest absolute Gasteiger partial charge is 0.352 e. The Morgan fingerprint density at radius 1 is 1.46 bits per heavy atom. The summed E-state index contributed by atoms with van der Waals surface area (Å²) in [6.45, 7) is 0. The van der Waals surface area contributed by atoms with Crippen LogP contribution in [0.25, 0.3) is 0 Å². The zero-order valence-electron chi connectivity index (χ0n) is 18.4. The first-order valence-electron chi connectivity index (χ1n) is 9.55. The first-order chi connectivity index (χ1) is 16.3. The van der Waals surface area contributed by atoms with Gasteiger partial charge in [0.15, 0.2) is 16.6 Å². The topological polar surface area (TPSA) is 177 Å². The van der Waals surface area contributed by atoms with E-state index in [1.807, 2.05) is 0 Å². The summed E-state index contributed by atoms with van der Waals surface area (Å²) in [6, 6.07) is 2.13. The van der Waals surface area contributed by atoms with Gasteiger partial charge < -0.3 is 25.4 Å². The van der Waals surface area contributed by atoms with E-state index in [4.69, 9.17) is 15.0 Å². The number of amides is 2. The number of hydrogen-bond donors (Lipinski definition) is 3. The predicted octanol–water partition coefficient (Wildman–Crippen LogP) is 0.600. The molecule has 12 nitrogen and oxygen atoms in total. The molecule has 2 aliphatic rings.